The van der Waals surface area contributed by atoms with Crippen LogP contribution in [-0.4, -0.2) is 35.8 Å². The third-order valence-corrected chi connectivity index (χ3v) is 5.10. The molecule has 0 bridgehead atoms. The van der Waals surface area contributed by atoms with Crippen molar-refractivity contribution >= 4 is 40.7 Å². The number of nitrogens with zero attached hydrogens (tertiary/aromatic N) is 1. The fourth-order valence-electron chi connectivity index (χ4n) is 3.16. The first-order valence-corrected chi connectivity index (χ1v) is 9.59. The zero-order valence-electron chi connectivity index (χ0n) is 14.8. The van der Waals surface area contributed by atoms with Gasteiger partial charge in [0, 0.05) is 11.6 Å². The van der Waals surface area contributed by atoms with Gasteiger partial charge in [0.2, 0.25) is 11.8 Å². The second-order valence-electron chi connectivity index (χ2n) is 6.50. The molecule has 27 heavy (non-hydrogen) atoms. The fourth-order valence-corrected chi connectivity index (χ4v) is 3.50. The van der Waals surface area contributed by atoms with Gasteiger partial charge in [-0.1, -0.05) is 53.5 Å². The smallest absolute Gasteiger partial charge is 0.241 e. The first-order valence-electron chi connectivity index (χ1n) is 8.83. The molecule has 2 N–H and O–H groups in total. The van der Waals surface area contributed by atoms with Gasteiger partial charge in [-0.3, -0.25) is 14.5 Å². The Kier molecular flexibility index (Phi) is 6.72. The lowest BCUT2D eigenvalue weighted by Crippen LogP contribution is -2.44. The standard InChI is InChI=1S/C20H21Cl2N3O2/c21-15-8-9-16(22)17(11-15)24-20(27)18-7-4-10-25(18)13-19(26)23-12-14-5-2-1-3-6-14/h1-3,5-6,8-9,11,18H,4,7,10,12-13H2,(H,23,26)(H,24,27). The number of carbonyl (C=O) groups excluding carboxylic acids is 2. The zero-order valence-corrected chi connectivity index (χ0v) is 16.3. The summed E-state index contributed by atoms with van der Waals surface area (Å²) in [6, 6.07) is 14.3. The lowest BCUT2D eigenvalue weighted by atomic mass is 10.2. The van der Waals surface area contributed by atoms with Crippen LogP contribution < -0.4 is 10.6 Å². The van der Waals surface area contributed by atoms with Crippen LogP contribution in [0.25, 0.3) is 0 Å². The Morgan fingerprint density at radius 2 is 1.89 bits per heavy atom. The number of halogens is 2. The average Bonchev–Trinajstić information content (AvgIpc) is 3.12. The number of rotatable bonds is 6. The molecule has 3 rings (SSSR count). The van der Waals surface area contributed by atoms with Crippen LogP contribution in [0.5, 0.6) is 0 Å². The predicted molar refractivity (Wildman–Crippen MR) is 108 cm³/mol. The Bertz CT molecular complexity index is 814. The molecule has 0 aromatic heterocycles. The molecule has 142 valence electrons. The van der Waals surface area contributed by atoms with Crippen molar-refractivity contribution in [1.29, 1.82) is 0 Å². The highest BCUT2D eigenvalue weighted by molar-refractivity contribution is 6.35. The van der Waals surface area contributed by atoms with E-state index in [4.69, 9.17) is 23.2 Å². The summed E-state index contributed by atoms with van der Waals surface area (Å²) >= 11 is 12.1. The predicted octanol–water partition coefficient (Wildman–Crippen LogP) is 3.71. The highest BCUT2D eigenvalue weighted by Gasteiger charge is 2.32. The second-order valence-corrected chi connectivity index (χ2v) is 7.35. The summed E-state index contributed by atoms with van der Waals surface area (Å²) in [4.78, 5) is 26.8. The Balaban J connectivity index is 1.55. The molecule has 5 nitrogen and oxygen atoms in total. The number of anilines is 1. The number of hydrogen-bond donors (Lipinski definition) is 2. The van der Waals surface area contributed by atoms with Crippen LogP contribution in [0.4, 0.5) is 5.69 Å². The Morgan fingerprint density at radius 1 is 1.11 bits per heavy atom. The summed E-state index contributed by atoms with van der Waals surface area (Å²) in [7, 11) is 0. The molecule has 1 heterocycles. The molecule has 7 heteroatoms. The molecule has 1 aliphatic rings. The number of carbonyl (C=O) groups is 2. The molecular formula is C20H21Cl2N3O2. The summed E-state index contributed by atoms with van der Waals surface area (Å²) in [5, 5.41) is 6.65. The van der Waals surface area contributed by atoms with E-state index in [1.807, 2.05) is 35.2 Å². The van der Waals surface area contributed by atoms with Crippen LogP contribution in [0.2, 0.25) is 10.0 Å². The summed E-state index contributed by atoms with van der Waals surface area (Å²) < 4.78 is 0. The monoisotopic (exact) mass is 405 g/mol. The second kappa shape index (κ2) is 9.22. The highest BCUT2D eigenvalue weighted by Crippen LogP contribution is 2.27. The Morgan fingerprint density at radius 3 is 2.67 bits per heavy atom. The molecule has 2 amide bonds. The van der Waals surface area contributed by atoms with Gasteiger partial charge in [-0.2, -0.15) is 0 Å². The maximum absolute atomic E-state index is 12.7. The van der Waals surface area contributed by atoms with E-state index in [0.29, 0.717) is 35.2 Å². The minimum atomic E-state index is -0.359. The lowest BCUT2D eigenvalue weighted by Gasteiger charge is -2.23. The molecule has 2 aromatic carbocycles. The number of amides is 2. The molecule has 1 saturated heterocycles. The van der Waals surface area contributed by atoms with Crippen molar-refractivity contribution < 1.29 is 9.59 Å². The van der Waals surface area contributed by atoms with E-state index >= 15 is 0 Å². The van der Waals surface area contributed by atoms with Crippen molar-refractivity contribution in [3.8, 4) is 0 Å². The third kappa shape index (κ3) is 5.45. The van der Waals surface area contributed by atoms with Gasteiger partial charge in [0.05, 0.1) is 23.3 Å². The molecule has 0 radical (unpaired) electrons. The first-order chi connectivity index (χ1) is 13.0. The zero-order chi connectivity index (χ0) is 19.2. The maximum atomic E-state index is 12.7. The van der Waals surface area contributed by atoms with E-state index in [1.54, 1.807) is 18.2 Å². The van der Waals surface area contributed by atoms with E-state index in [-0.39, 0.29) is 24.4 Å². The molecular weight excluding hydrogens is 385 g/mol. The van der Waals surface area contributed by atoms with E-state index in [1.165, 1.54) is 0 Å². The Labute approximate surface area is 168 Å². The minimum Gasteiger partial charge on any atom is -0.351 e. The van der Waals surface area contributed by atoms with Crippen molar-refractivity contribution in [1.82, 2.24) is 10.2 Å². The van der Waals surface area contributed by atoms with Crippen LogP contribution in [0.1, 0.15) is 18.4 Å². The number of benzene rings is 2. The van der Waals surface area contributed by atoms with Crippen molar-refractivity contribution in [3.05, 3.63) is 64.1 Å². The summed E-state index contributed by atoms with van der Waals surface area (Å²) in [5.41, 5.74) is 1.52. The largest absolute Gasteiger partial charge is 0.351 e. The minimum absolute atomic E-state index is 0.0978. The molecule has 2 aromatic rings. The van der Waals surface area contributed by atoms with Crippen molar-refractivity contribution in [2.24, 2.45) is 0 Å². The van der Waals surface area contributed by atoms with Gasteiger partial charge >= 0.3 is 0 Å². The van der Waals surface area contributed by atoms with Gasteiger partial charge in [0.25, 0.3) is 0 Å². The first kappa shape index (κ1) is 19.7. The van der Waals surface area contributed by atoms with Gasteiger partial charge in [-0.15, -0.1) is 0 Å². The maximum Gasteiger partial charge on any atom is 0.241 e. The number of hydrogen-bond acceptors (Lipinski definition) is 3. The number of nitrogens with one attached hydrogen (secondary N) is 2. The van der Waals surface area contributed by atoms with Crippen molar-refractivity contribution in [3.63, 3.8) is 0 Å². The molecule has 0 aliphatic carbocycles. The summed E-state index contributed by atoms with van der Waals surface area (Å²) in [6.07, 6.45) is 1.57. The highest BCUT2D eigenvalue weighted by atomic mass is 35.5. The van der Waals surface area contributed by atoms with Crippen LogP contribution in [-0.2, 0) is 16.1 Å². The molecule has 0 spiro atoms. The average molecular weight is 406 g/mol. The van der Waals surface area contributed by atoms with Gasteiger partial charge in [-0.05, 0) is 43.1 Å². The van der Waals surface area contributed by atoms with Gasteiger partial charge in [0.1, 0.15) is 0 Å². The summed E-state index contributed by atoms with van der Waals surface area (Å²) in [5.74, 6) is -0.271. The molecule has 0 saturated carbocycles. The van der Waals surface area contributed by atoms with Crippen LogP contribution in [0.3, 0.4) is 0 Å². The van der Waals surface area contributed by atoms with E-state index in [0.717, 1.165) is 12.0 Å². The van der Waals surface area contributed by atoms with E-state index < -0.39 is 0 Å². The lowest BCUT2D eigenvalue weighted by molar-refractivity contribution is -0.125. The van der Waals surface area contributed by atoms with Crippen molar-refractivity contribution in [2.45, 2.75) is 25.4 Å². The van der Waals surface area contributed by atoms with E-state index in [2.05, 4.69) is 10.6 Å². The SMILES string of the molecule is O=C(CN1CCCC1C(=O)Nc1cc(Cl)ccc1Cl)NCc1ccccc1. The van der Waals surface area contributed by atoms with Crippen molar-refractivity contribution in [2.75, 3.05) is 18.4 Å². The molecule has 1 atom stereocenters. The summed E-state index contributed by atoms with van der Waals surface area (Å²) in [6.45, 7) is 1.37. The van der Waals surface area contributed by atoms with Crippen LogP contribution >= 0.6 is 23.2 Å². The third-order valence-electron chi connectivity index (χ3n) is 4.53. The van der Waals surface area contributed by atoms with Gasteiger partial charge in [0.15, 0.2) is 0 Å². The van der Waals surface area contributed by atoms with E-state index in [9.17, 15) is 9.59 Å². The normalized spacial score (nSPS) is 16.9. The Hall–Kier alpha value is -2.08. The quantitative estimate of drug-likeness (QED) is 0.769. The van der Waals surface area contributed by atoms with Gasteiger partial charge < -0.3 is 10.6 Å². The topological polar surface area (TPSA) is 61.4 Å². The molecule has 1 unspecified atom stereocenters. The fraction of sp³-hybridized carbons (Fsp3) is 0.300. The van der Waals surface area contributed by atoms with Crippen LogP contribution in [0.15, 0.2) is 48.5 Å². The molecule has 1 fully saturated rings. The van der Waals surface area contributed by atoms with Gasteiger partial charge in [-0.25, -0.2) is 0 Å². The number of likely N-dealkylation sites (tertiary alicyclic amines) is 1. The molecule has 1 aliphatic heterocycles. The van der Waals surface area contributed by atoms with Crippen LogP contribution in [0, 0.1) is 0 Å².